The Hall–Kier alpha value is -2.94. The lowest BCUT2D eigenvalue weighted by Gasteiger charge is -2.43. The van der Waals surface area contributed by atoms with Crippen molar-refractivity contribution >= 4 is 45.0 Å². The average molecular weight is 592 g/mol. The van der Waals surface area contributed by atoms with E-state index in [2.05, 4.69) is 110 Å². The Labute approximate surface area is 234 Å². The first kappa shape index (κ1) is 25.7. The topological polar surface area (TPSA) is 63.8 Å². The van der Waals surface area contributed by atoms with E-state index in [1.165, 1.54) is 0 Å². The second kappa shape index (κ2) is 11.6. The smallest absolute Gasteiger partial charge is 0.250 e. The van der Waals surface area contributed by atoms with Gasteiger partial charge in [-0.3, -0.25) is 0 Å². The molecule has 0 saturated heterocycles. The first-order chi connectivity index (χ1) is 18.1. The van der Waals surface area contributed by atoms with Gasteiger partial charge in [0, 0.05) is 22.4 Å². The van der Waals surface area contributed by atoms with Crippen molar-refractivity contribution in [2.45, 2.75) is 30.1 Å². The molecule has 5 aromatic rings. The lowest BCUT2D eigenvalue weighted by Crippen LogP contribution is -2.44. The second-order valence-corrected chi connectivity index (χ2v) is 10.9. The minimum Gasteiger partial charge on any atom is -0.349 e. The summed E-state index contributed by atoms with van der Waals surface area (Å²) in [5.74, 6) is 1.05. The van der Waals surface area contributed by atoms with Gasteiger partial charge in [-0.2, -0.15) is 17.6 Å². The predicted octanol–water partition coefficient (Wildman–Crippen LogP) is 7.26. The van der Waals surface area contributed by atoms with Crippen molar-refractivity contribution in [2.75, 3.05) is 10.6 Å². The maximum atomic E-state index is 5.77. The molecular weight excluding hydrogens is 564 g/mol. The molecule has 1 unspecified atom stereocenters. The highest BCUT2D eigenvalue weighted by Crippen LogP contribution is 2.49. The third kappa shape index (κ3) is 5.23. The quantitative estimate of drug-likeness (QED) is 0.102. The minimum atomic E-state index is -0.650. The number of aromatic nitrogens is 3. The summed E-state index contributed by atoms with van der Waals surface area (Å²) in [6.45, 7) is 1.83. The Morgan fingerprint density at radius 3 is 1.89 bits per heavy atom. The van der Waals surface area contributed by atoms with Crippen LogP contribution in [-0.2, 0) is 11.8 Å². The van der Waals surface area contributed by atoms with Crippen LogP contribution in [0, 0.1) is 6.92 Å². The molecule has 1 N–H and O–H groups in total. The van der Waals surface area contributed by atoms with Gasteiger partial charge in [-0.25, -0.2) is 4.98 Å². The van der Waals surface area contributed by atoms with E-state index in [0.29, 0.717) is 11.7 Å². The van der Waals surface area contributed by atoms with Gasteiger partial charge in [0.1, 0.15) is 6.04 Å². The van der Waals surface area contributed by atoms with Crippen molar-refractivity contribution < 1.29 is 4.52 Å². The summed E-state index contributed by atoms with van der Waals surface area (Å²) in [6, 6.07) is 31.1. The summed E-state index contributed by atoms with van der Waals surface area (Å²) in [7, 11) is 0. The van der Waals surface area contributed by atoms with Gasteiger partial charge in [0.2, 0.25) is 5.89 Å². The van der Waals surface area contributed by atoms with Crippen LogP contribution in [-0.4, -0.2) is 25.7 Å². The summed E-state index contributed by atoms with van der Waals surface area (Å²) in [6.07, 6.45) is 0.856. The fraction of sp³-hybridized carbons (Fsp3) is 0.207. The fourth-order valence-corrected chi connectivity index (χ4v) is 6.64. The van der Waals surface area contributed by atoms with E-state index in [9.17, 15) is 0 Å². The molecule has 0 aliphatic rings. The van der Waals surface area contributed by atoms with E-state index in [4.69, 9.17) is 22.1 Å². The van der Waals surface area contributed by atoms with Crippen LogP contribution < -0.4 is 5.32 Å². The first-order valence-corrected chi connectivity index (χ1v) is 14.6. The molecule has 5 nitrogen and oxygen atoms in total. The van der Waals surface area contributed by atoms with Crippen molar-refractivity contribution in [1.82, 2.24) is 15.1 Å². The molecule has 0 aliphatic heterocycles. The molecule has 0 saturated carbocycles. The Kier molecular flexibility index (Phi) is 8.08. The maximum Gasteiger partial charge on any atom is 0.250 e. The SMILES string of the molecule is Cc1noc([C@@H](Nc2nc(CCBr)cs2)C(S)C(c2ccccc2)(c2ccccc2)c2ccccc2)n1. The summed E-state index contributed by atoms with van der Waals surface area (Å²) in [4.78, 5) is 9.45. The zero-order valence-corrected chi connectivity index (χ0v) is 23.6. The van der Waals surface area contributed by atoms with Crippen molar-refractivity contribution in [3.05, 3.63) is 130 Å². The number of anilines is 1. The number of alkyl halides is 1. The summed E-state index contributed by atoms with van der Waals surface area (Å²) in [5.41, 5.74) is 3.74. The summed E-state index contributed by atoms with van der Waals surface area (Å²) < 4.78 is 5.77. The number of hydrogen-bond donors (Lipinski definition) is 2. The molecule has 37 heavy (non-hydrogen) atoms. The zero-order valence-electron chi connectivity index (χ0n) is 20.3. The standard InChI is InChI=1S/C29H27BrN4OS2/c1-20-31-27(35-34-20)25(33-28-32-24(17-18-30)19-37-28)26(36)29(21-11-5-2-6-12-21,22-13-7-3-8-14-22)23-15-9-4-10-16-23/h2-16,19,25-26,36H,17-18H2,1H3,(H,32,33)/t25-,26?/m0/s1. The zero-order chi connectivity index (χ0) is 25.7. The largest absolute Gasteiger partial charge is 0.349 e. The Bertz CT molecular complexity index is 1310. The van der Waals surface area contributed by atoms with Gasteiger partial charge in [-0.15, -0.1) is 11.3 Å². The highest BCUT2D eigenvalue weighted by atomic mass is 79.9. The van der Waals surface area contributed by atoms with Gasteiger partial charge in [0.05, 0.1) is 11.1 Å². The molecule has 2 atom stereocenters. The van der Waals surface area contributed by atoms with Crippen LogP contribution in [0.3, 0.4) is 0 Å². The highest BCUT2D eigenvalue weighted by molar-refractivity contribution is 9.09. The highest BCUT2D eigenvalue weighted by Gasteiger charge is 2.47. The second-order valence-electron chi connectivity index (χ2n) is 8.74. The molecule has 0 spiro atoms. The van der Waals surface area contributed by atoms with Crippen LogP contribution in [0.1, 0.15) is 40.1 Å². The molecule has 2 aromatic heterocycles. The number of thiazole rings is 1. The van der Waals surface area contributed by atoms with Crippen LogP contribution in [0.25, 0.3) is 0 Å². The van der Waals surface area contributed by atoms with E-state index in [1.54, 1.807) is 11.3 Å². The Morgan fingerprint density at radius 2 is 1.43 bits per heavy atom. The van der Waals surface area contributed by atoms with Crippen LogP contribution in [0.5, 0.6) is 0 Å². The first-order valence-electron chi connectivity index (χ1n) is 12.0. The van der Waals surface area contributed by atoms with E-state index in [1.807, 2.05) is 25.1 Å². The minimum absolute atomic E-state index is 0.358. The Balaban J connectivity index is 1.72. The predicted molar refractivity (Wildman–Crippen MR) is 157 cm³/mol. The van der Waals surface area contributed by atoms with Crippen molar-refractivity contribution in [3.8, 4) is 0 Å². The normalized spacial score (nSPS) is 13.3. The molecule has 5 rings (SSSR count). The van der Waals surface area contributed by atoms with E-state index < -0.39 is 11.5 Å². The van der Waals surface area contributed by atoms with Gasteiger partial charge in [0.15, 0.2) is 11.0 Å². The molecule has 0 amide bonds. The van der Waals surface area contributed by atoms with Crippen LogP contribution in [0.15, 0.2) is 101 Å². The molecule has 0 aliphatic carbocycles. The van der Waals surface area contributed by atoms with Crippen LogP contribution in [0.2, 0.25) is 0 Å². The molecule has 2 heterocycles. The number of benzene rings is 3. The number of hydrogen-bond acceptors (Lipinski definition) is 7. The molecule has 0 radical (unpaired) electrons. The van der Waals surface area contributed by atoms with E-state index >= 15 is 0 Å². The van der Waals surface area contributed by atoms with Gasteiger partial charge in [-0.1, -0.05) is 112 Å². The number of rotatable bonds is 10. The van der Waals surface area contributed by atoms with Gasteiger partial charge in [-0.05, 0) is 23.6 Å². The Morgan fingerprint density at radius 1 is 0.892 bits per heavy atom. The molecule has 0 bridgehead atoms. The number of halogens is 1. The summed E-state index contributed by atoms with van der Waals surface area (Å²) in [5, 5.41) is 11.1. The van der Waals surface area contributed by atoms with Gasteiger partial charge in [0.25, 0.3) is 0 Å². The van der Waals surface area contributed by atoms with Crippen molar-refractivity contribution in [3.63, 3.8) is 0 Å². The average Bonchev–Trinajstić information content (AvgIpc) is 3.58. The lowest BCUT2D eigenvalue weighted by atomic mass is 9.65. The van der Waals surface area contributed by atoms with Crippen LogP contribution in [0.4, 0.5) is 5.13 Å². The van der Waals surface area contributed by atoms with Gasteiger partial charge < -0.3 is 9.84 Å². The third-order valence-corrected chi connectivity index (χ3v) is 8.34. The van der Waals surface area contributed by atoms with Crippen molar-refractivity contribution in [1.29, 1.82) is 0 Å². The number of aryl methyl sites for hydroxylation is 2. The maximum absolute atomic E-state index is 5.77. The molecular formula is C29H27BrN4OS2. The third-order valence-electron chi connectivity index (χ3n) is 6.44. The van der Waals surface area contributed by atoms with E-state index in [0.717, 1.165) is 39.3 Å². The molecule has 8 heteroatoms. The molecule has 188 valence electrons. The lowest BCUT2D eigenvalue weighted by molar-refractivity contribution is 0.345. The molecule has 3 aromatic carbocycles. The summed E-state index contributed by atoms with van der Waals surface area (Å²) >= 11 is 10.5. The fourth-order valence-electron chi connectivity index (χ4n) is 4.80. The monoisotopic (exact) mass is 590 g/mol. The van der Waals surface area contributed by atoms with E-state index in [-0.39, 0.29) is 5.25 Å². The van der Waals surface area contributed by atoms with Crippen molar-refractivity contribution in [2.24, 2.45) is 0 Å². The van der Waals surface area contributed by atoms with Gasteiger partial charge >= 0.3 is 0 Å². The molecule has 0 fully saturated rings. The number of nitrogens with one attached hydrogen (secondary N) is 1. The number of nitrogens with zero attached hydrogens (tertiary/aromatic N) is 3. The number of thiol groups is 1. The van der Waals surface area contributed by atoms with Crippen LogP contribution >= 0.6 is 39.9 Å².